The standard InChI is InChI=1S/C20H21N5O2/c1-23-19(8-9-21-23)14-11-15-3-4-16(12-14)24(15)20-7-2-13-10-17(25(26)27)5-6-18(13)22-20/h2,5-10,14-16H,3-4,11-12H2,1H3. The third-order valence-corrected chi connectivity index (χ3v) is 6.14. The van der Waals surface area contributed by atoms with Crippen LogP contribution in [0.25, 0.3) is 10.9 Å². The minimum atomic E-state index is -0.364. The summed E-state index contributed by atoms with van der Waals surface area (Å²) in [4.78, 5) is 17.9. The van der Waals surface area contributed by atoms with Crippen molar-refractivity contribution in [3.05, 3.63) is 58.4 Å². The molecule has 2 aliphatic rings. The number of rotatable bonds is 3. The number of piperidine rings is 1. The molecule has 2 atom stereocenters. The van der Waals surface area contributed by atoms with E-state index in [0.717, 1.165) is 29.6 Å². The highest BCUT2D eigenvalue weighted by molar-refractivity contribution is 5.82. The summed E-state index contributed by atoms with van der Waals surface area (Å²) in [6.07, 6.45) is 6.51. The van der Waals surface area contributed by atoms with Crippen LogP contribution >= 0.6 is 0 Å². The molecule has 2 aromatic heterocycles. The van der Waals surface area contributed by atoms with Crippen LogP contribution in [-0.2, 0) is 7.05 Å². The van der Waals surface area contributed by atoms with Gasteiger partial charge in [0.05, 0.1) is 10.4 Å². The number of hydrogen-bond acceptors (Lipinski definition) is 5. The van der Waals surface area contributed by atoms with Gasteiger partial charge in [0.1, 0.15) is 5.82 Å². The zero-order valence-corrected chi connectivity index (χ0v) is 15.2. The molecular weight excluding hydrogens is 342 g/mol. The minimum Gasteiger partial charge on any atom is -0.351 e. The summed E-state index contributed by atoms with van der Waals surface area (Å²) in [5.74, 6) is 1.54. The van der Waals surface area contributed by atoms with Crippen LogP contribution in [0.2, 0.25) is 0 Å². The van der Waals surface area contributed by atoms with Crippen LogP contribution in [0.3, 0.4) is 0 Å². The molecule has 4 heterocycles. The van der Waals surface area contributed by atoms with E-state index in [-0.39, 0.29) is 10.6 Å². The molecule has 2 aliphatic heterocycles. The highest BCUT2D eigenvalue weighted by Crippen LogP contribution is 2.44. The van der Waals surface area contributed by atoms with Crippen LogP contribution in [0.1, 0.15) is 37.3 Å². The van der Waals surface area contributed by atoms with Gasteiger partial charge in [-0.05, 0) is 49.9 Å². The van der Waals surface area contributed by atoms with E-state index in [1.165, 1.54) is 24.6 Å². The molecular formula is C20H21N5O2. The molecule has 7 heteroatoms. The van der Waals surface area contributed by atoms with Crippen LogP contribution in [0.4, 0.5) is 11.5 Å². The van der Waals surface area contributed by atoms with Crippen molar-refractivity contribution in [2.45, 2.75) is 43.7 Å². The molecule has 3 aromatic rings. The molecule has 0 spiro atoms. The van der Waals surface area contributed by atoms with E-state index < -0.39 is 0 Å². The van der Waals surface area contributed by atoms with Crippen molar-refractivity contribution < 1.29 is 4.92 Å². The lowest BCUT2D eigenvalue weighted by Crippen LogP contribution is -2.43. The fraction of sp³-hybridized carbons (Fsp3) is 0.400. The normalized spacial score (nSPS) is 24.5. The maximum Gasteiger partial charge on any atom is 0.270 e. The summed E-state index contributed by atoms with van der Waals surface area (Å²) in [6.45, 7) is 0. The van der Waals surface area contributed by atoms with Crippen LogP contribution in [-0.4, -0.2) is 31.8 Å². The summed E-state index contributed by atoms with van der Waals surface area (Å²) in [7, 11) is 2.02. The van der Waals surface area contributed by atoms with Gasteiger partial charge in [-0.2, -0.15) is 5.10 Å². The predicted molar refractivity (Wildman–Crippen MR) is 103 cm³/mol. The number of aromatic nitrogens is 3. The summed E-state index contributed by atoms with van der Waals surface area (Å²) in [5.41, 5.74) is 2.24. The Morgan fingerprint density at radius 3 is 2.56 bits per heavy atom. The van der Waals surface area contributed by atoms with Gasteiger partial charge in [0.25, 0.3) is 5.69 Å². The number of nitro benzene ring substituents is 1. The average Bonchev–Trinajstić information content (AvgIpc) is 3.21. The van der Waals surface area contributed by atoms with Gasteiger partial charge < -0.3 is 4.90 Å². The Labute approximate surface area is 156 Å². The number of non-ortho nitro benzene ring substituents is 1. The first-order chi connectivity index (χ1) is 13.1. The van der Waals surface area contributed by atoms with E-state index in [4.69, 9.17) is 4.98 Å². The number of benzene rings is 1. The molecule has 1 aromatic carbocycles. The van der Waals surface area contributed by atoms with Gasteiger partial charge in [-0.1, -0.05) is 0 Å². The van der Waals surface area contributed by atoms with E-state index in [9.17, 15) is 10.1 Å². The molecule has 2 bridgehead atoms. The smallest absolute Gasteiger partial charge is 0.270 e. The molecule has 0 aliphatic carbocycles. The zero-order chi connectivity index (χ0) is 18.5. The lowest BCUT2D eigenvalue weighted by molar-refractivity contribution is -0.384. The molecule has 2 fully saturated rings. The Balaban J connectivity index is 1.44. The zero-order valence-electron chi connectivity index (χ0n) is 15.2. The van der Waals surface area contributed by atoms with Crippen LogP contribution in [0, 0.1) is 10.1 Å². The maximum absolute atomic E-state index is 11.0. The van der Waals surface area contributed by atoms with E-state index in [1.807, 2.05) is 30.1 Å². The molecule has 0 radical (unpaired) electrons. The van der Waals surface area contributed by atoms with E-state index in [0.29, 0.717) is 18.0 Å². The average molecular weight is 363 g/mol. The van der Waals surface area contributed by atoms with Crippen molar-refractivity contribution in [1.29, 1.82) is 0 Å². The minimum absolute atomic E-state index is 0.106. The highest BCUT2D eigenvalue weighted by Gasteiger charge is 2.42. The molecule has 0 N–H and O–H groups in total. The number of anilines is 1. The van der Waals surface area contributed by atoms with Gasteiger partial charge in [0, 0.05) is 54.5 Å². The quantitative estimate of drug-likeness (QED) is 0.523. The monoisotopic (exact) mass is 363 g/mol. The number of aryl methyl sites for hydroxylation is 1. The first kappa shape index (κ1) is 16.2. The van der Waals surface area contributed by atoms with Gasteiger partial charge in [-0.3, -0.25) is 14.8 Å². The van der Waals surface area contributed by atoms with Gasteiger partial charge in [-0.25, -0.2) is 4.98 Å². The fourth-order valence-electron chi connectivity index (χ4n) is 4.94. The van der Waals surface area contributed by atoms with Gasteiger partial charge in [0.2, 0.25) is 0 Å². The van der Waals surface area contributed by atoms with Gasteiger partial charge in [-0.15, -0.1) is 0 Å². The van der Waals surface area contributed by atoms with Crippen LogP contribution < -0.4 is 4.90 Å². The second kappa shape index (κ2) is 6.04. The molecule has 2 saturated heterocycles. The van der Waals surface area contributed by atoms with Crippen molar-refractivity contribution in [2.24, 2.45) is 7.05 Å². The number of nitro groups is 1. The van der Waals surface area contributed by atoms with Crippen molar-refractivity contribution in [3.8, 4) is 0 Å². The van der Waals surface area contributed by atoms with Crippen LogP contribution in [0.5, 0.6) is 0 Å². The second-order valence-electron chi connectivity index (χ2n) is 7.64. The SMILES string of the molecule is Cn1nccc1C1CC2CCC(C1)N2c1ccc2cc([N+](=O)[O-])ccc2n1. The number of hydrogen-bond donors (Lipinski definition) is 0. The van der Waals surface area contributed by atoms with Crippen molar-refractivity contribution >= 4 is 22.4 Å². The molecule has 138 valence electrons. The Hall–Kier alpha value is -2.96. The van der Waals surface area contributed by atoms with Crippen molar-refractivity contribution in [1.82, 2.24) is 14.8 Å². The third-order valence-electron chi connectivity index (χ3n) is 6.14. The highest BCUT2D eigenvalue weighted by atomic mass is 16.6. The van der Waals surface area contributed by atoms with E-state index >= 15 is 0 Å². The topological polar surface area (TPSA) is 77.1 Å². The summed E-state index contributed by atoms with van der Waals surface area (Å²) in [5, 5.41) is 16.1. The van der Waals surface area contributed by atoms with Crippen molar-refractivity contribution in [2.75, 3.05) is 4.90 Å². The third kappa shape index (κ3) is 2.65. The summed E-state index contributed by atoms with van der Waals surface area (Å²) >= 11 is 0. The predicted octanol–water partition coefficient (Wildman–Crippen LogP) is 3.79. The van der Waals surface area contributed by atoms with Crippen LogP contribution in [0.15, 0.2) is 42.6 Å². The first-order valence-electron chi connectivity index (χ1n) is 9.41. The number of pyridine rings is 1. The second-order valence-corrected chi connectivity index (χ2v) is 7.64. The molecule has 2 unspecified atom stereocenters. The lowest BCUT2D eigenvalue weighted by Gasteiger charge is -2.40. The first-order valence-corrected chi connectivity index (χ1v) is 9.41. The molecule has 7 nitrogen and oxygen atoms in total. The Kier molecular flexibility index (Phi) is 3.63. The Morgan fingerprint density at radius 1 is 1.11 bits per heavy atom. The molecule has 0 amide bonds. The lowest BCUT2D eigenvalue weighted by atomic mass is 9.88. The maximum atomic E-state index is 11.0. The van der Waals surface area contributed by atoms with Gasteiger partial charge >= 0.3 is 0 Å². The molecule has 5 rings (SSSR count). The van der Waals surface area contributed by atoms with Crippen molar-refractivity contribution in [3.63, 3.8) is 0 Å². The number of fused-ring (bicyclic) bond motifs is 3. The molecule has 27 heavy (non-hydrogen) atoms. The van der Waals surface area contributed by atoms with Gasteiger partial charge in [0.15, 0.2) is 0 Å². The largest absolute Gasteiger partial charge is 0.351 e. The summed E-state index contributed by atoms with van der Waals surface area (Å²) < 4.78 is 2.00. The number of nitrogens with zero attached hydrogens (tertiary/aromatic N) is 5. The fourth-order valence-corrected chi connectivity index (χ4v) is 4.94. The van der Waals surface area contributed by atoms with E-state index in [1.54, 1.807) is 12.1 Å². The Morgan fingerprint density at radius 2 is 1.89 bits per heavy atom. The van der Waals surface area contributed by atoms with E-state index in [2.05, 4.69) is 16.1 Å². The summed E-state index contributed by atoms with van der Waals surface area (Å²) in [6, 6.07) is 12.0. The molecule has 0 saturated carbocycles. The Bertz CT molecular complexity index is 1020.